The van der Waals surface area contributed by atoms with Gasteiger partial charge in [-0.2, -0.15) is 0 Å². The summed E-state index contributed by atoms with van der Waals surface area (Å²) in [5, 5.41) is 0. The molecule has 3 heteroatoms. The summed E-state index contributed by atoms with van der Waals surface area (Å²) in [6.07, 6.45) is 9.36. The van der Waals surface area contributed by atoms with Gasteiger partial charge >= 0.3 is 0 Å². The number of hydrogen-bond acceptors (Lipinski definition) is 2. The number of nitrogens with one attached hydrogen (secondary N) is 1. The first-order valence-corrected chi connectivity index (χ1v) is 10.5. The Morgan fingerprint density at radius 1 is 0.852 bits per heavy atom. The molecular formula is C24H33N3. The zero-order chi connectivity index (χ0) is 18.9. The highest BCUT2D eigenvalue weighted by Gasteiger charge is 2.10. The van der Waals surface area contributed by atoms with E-state index in [1.54, 1.807) is 0 Å². The molecule has 144 valence electrons. The minimum Gasteiger partial charge on any atom is -0.364 e. The normalized spacial score (nSPS) is 11.2. The number of aromatic amines is 1. The summed E-state index contributed by atoms with van der Waals surface area (Å²) in [4.78, 5) is 10.7. The van der Waals surface area contributed by atoms with Crippen molar-refractivity contribution in [2.45, 2.75) is 65.3 Å². The van der Waals surface area contributed by atoms with Gasteiger partial charge in [-0.25, -0.2) is 4.98 Å². The van der Waals surface area contributed by atoms with Gasteiger partial charge in [-0.05, 0) is 37.6 Å². The minimum atomic E-state index is 0.827. The maximum atomic E-state index is 4.78. The molecule has 3 rings (SSSR count). The van der Waals surface area contributed by atoms with E-state index in [4.69, 9.17) is 4.98 Å². The van der Waals surface area contributed by atoms with Gasteiger partial charge in [0.05, 0.1) is 17.6 Å². The number of rotatable bonds is 11. The molecule has 0 saturated heterocycles. The van der Waals surface area contributed by atoms with E-state index in [-0.39, 0.29) is 0 Å². The van der Waals surface area contributed by atoms with Crippen LogP contribution in [-0.4, -0.2) is 16.5 Å². The molecule has 1 heterocycles. The van der Waals surface area contributed by atoms with Crippen molar-refractivity contribution in [3.05, 3.63) is 59.9 Å². The van der Waals surface area contributed by atoms with Gasteiger partial charge in [0.25, 0.3) is 0 Å². The average molecular weight is 364 g/mol. The molecule has 0 spiro atoms. The molecule has 0 unspecified atom stereocenters. The third kappa shape index (κ3) is 5.85. The van der Waals surface area contributed by atoms with E-state index in [0.717, 1.165) is 29.9 Å². The van der Waals surface area contributed by atoms with E-state index in [1.807, 2.05) is 6.07 Å². The van der Waals surface area contributed by atoms with Crippen LogP contribution < -0.4 is 4.90 Å². The van der Waals surface area contributed by atoms with Crippen LogP contribution in [0.25, 0.3) is 11.0 Å². The first-order chi connectivity index (χ1) is 13.3. The third-order valence-electron chi connectivity index (χ3n) is 5.21. The molecule has 0 atom stereocenters. The fraction of sp³-hybridized carbons (Fsp3) is 0.458. The molecule has 2 aromatic carbocycles. The van der Waals surface area contributed by atoms with Crippen LogP contribution in [0.3, 0.4) is 0 Å². The standard InChI is InChI=1S/C24H33N3/c1-3-4-5-6-7-8-11-18-27(21-16-14-20(2)15-17-21)19-24-25-22-12-9-10-13-23(22)26-24/h9-10,12-17H,3-8,11,18-19H2,1-2H3,(H,25,26). The van der Waals surface area contributed by atoms with Crippen LogP contribution in [0.2, 0.25) is 0 Å². The fourth-order valence-corrected chi connectivity index (χ4v) is 3.58. The van der Waals surface area contributed by atoms with Crippen LogP contribution in [0, 0.1) is 6.92 Å². The Bertz CT molecular complexity index is 771. The Morgan fingerprint density at radius 3 is 2.30 bits per heavy atom. The highest BCUT2D eigenvalue weighted by molar-refractivity contribution is 5.74. The van der Waals surface area contributed by atoms with Gasteiger partial charge in [-0.3, -0.25) is 0 Å². The van der Waals surface area contributed by atoms with Crippen LogP contribution in [0.1, 0.15) is 63.3 Å². The predicted octanol–water partition coefficient (Wildman–Crippen LogP) is 6.63. The SMILES string of the molecule is CCCCCCCCCN(Cc1nc2ccccc2[nH]1)c1ccc(C)cc1. The molecule has 0 fully saturated rings. The zero-order valence-corrected chi connectivity index (χ0v) is 16.9. The van der Waals surface area contributed by atoms with Crippen molar-refractivity contribution in [2.75, 3.05) is 11.4 Å². The van der Waals surface area contributed by atoms with E-state index in [1.165, 1.54) is 56.2 Å². The number of para-hydroxylation sites is 2. The number of anilines is 1. The first-order valence-electron chi connectivity index (χ1n) is 10.5. The summed E-state index contributed by atoms with van der Waals surface area (Å²) >= 11 is 0. The number of benzene rings is 2. The molecule has 1 N–H and O–H groups in total. The van der Waals surface area contributed by atoms with Crippen molar-refractivity contribution in [1.29, 1.82) is 0 Å². The zero-order valence-electron chi connectivity index (χ0n) is 16.9. The maximum absolute atomic E-state index is 4.78. The lowest BCUT2D eigenvalue weighted by Crippen LogP contribution is -2.24. The van der Waals surface area contributed by atoms with Gasteiger partial charge in [0.1, 0.15) is 5.82 Å². The van der Waals surface area contributed by atoms with Crippen molar-refractivity contribution in [3.63, 3.8) is 0 Å². The lowest BCUT2D eigenvalue weighted by Gasteiger charge is -2.24. The summed E-state index contributed by atoms with van der Waals surface area (Å²) in [5.41, 5.74) is 4.75. The van der Waals surface area contributed by atoms with Crippen molar-refractivity contribution >= 4 is 16.7 Å². The number of H-pyrrole nitrogens is 1. The molecule has 27 heavy (non-hydrogen) atoms. The van der Waals surface area contributed by atoms with E-state index in [9.17, 15) is 0 Å². The molecule has 3 aromatic rings. The van der Waals surface area contributed by atoms with Crippen LogP contribution in [-0.2, 0) is 6.54 Å². The van der Waals surface area contributed by atoms with E-state index < -0.39 is 0 Å². The Balaban J connectivity index is 1.61. The fourth-order valence-electron chi connectivity index (χ4n) is 3.58. The average Bonchev–Trinajstić information content (AvgIpc) is 3.09. The van der Waals surface area contributed by atoms with Crippen LogP contribution in [0.5, 0.6) is 0 Å². The van der Waals surface area contributed by atoms with E-state index in [2.05, 4.69) is 66.2 Å². The molecule has 3 nitrogen and oxygen atoms in total. The summed E-state index contributed by atoms with van der Waals surface area (Å²) in [7, 11) is 0. The number of aromatic nitrogens is 2. The number of fused-ring (bicyclic) bond motifs is 1. The number of imidazole rings is 1. The largest absolute Gasteiger partial charge is 0.364 e. The molecule has 0 aliphatic carbocycles. The predicted molar refractivity (Wildman–Crippen MR) is 116 cm³/mol. The van der Waals surface area contributed by atoms with Gasteiger partial charge in [0.15, 0.2) is 0 Å². The summed E-state index contributed by atoms with van der Waals surface area (Å²) in [5.74, 6) is 1.04. The van der Waals surface area contributed by atoms with E-state index >= 15 is 0 Å². The third-order valence-corrected chi connectivity index (χ3v) is 5.21. The van der Waals surface area contributed by atoms with Crippen LogP contribution >= 0.6 is 0 Å². The number of nitrogens with zero attached hydrogens (tertiary/aromatic N) is 2. The lowest BCUT2D eigenvalue weighted by atomic mass is 10.1. The summed E-state index contributed by atoms with van der Waals surface area (Å²) in [6, 6.07) is 17.1. The molecule has 0 radical (unpaired) electrons. The Morgan fingerprint density at radius 2 is 1.56 bits per heavy atom. The Kier molecular flexibility index (Phi) is 7.32. The first kappa shape index (κ1) is 19.5. The minimum absolute atomic E-state index is 0.827. The Labute approximate surface area is 163 Å². The molecule has 0 bridgehead atoms. The monoisotopic (exact) mass is 363 g/mol. The topological polar surface area (TPSA) is 31.9 Å². The Hall–Kier alpha value is -2.29. The van der Waals surface area contributed by atoms with Crippen molar-refractivity contribution in [1.82, 2.24) is 9.97 Å². The van der Waals surface area contributed by atoms with Gasteiger partial charge in [0.2, 0.25) is 0 Å². The van der Waals surface area contributed by atoms with Crippen LogP contribution in [0.15, 0.2) is 48.5 Å². The lowest BCUT2D eigenvalue weighted by molar-refractivity contribution is 0.581. The number of unbranched alkanes of at least 4 members (excludes halogenated alkanes) is 6. The van der Waals surface area contributed by atoms with Gasteiger partial charge in [-0.15, -0.1) is 0 Å². The number of aryl methyl sites for hydroxylation is 1. The van der Waals surface area contributed by atoms with Crippen molar-refractivity contribution < 1.29 is 0 Å². The highest BCUT2D eigenvalue weighted by atomic mass is 15.2. The number of hydrogen-bond donors (Lipinski definition) is 1. The van der Waals surface area contributed by atoms with Crippen LogP contribution in [0.4, 0.5) is 5.69 Å². The molecule has 1 aromatic heterocycles. The van der Waals surface area contributed by atoms with Crippen molar-refractivity contribution in [3.8, 4) is 0 Å². The maximum Gasteiger partial charge on any atom is 0.126 e. The molecule has 0 aliphatic rings. The summed E-state index contributed by atoms with van der Waals surface area (Å²) in [6.45, 7) is 6.32. The molecular weight excluding hydrogens is 330 g/mol. The molecule has 0 amide bonds. The van der Waals surface area contributed by atoms with Gasteiger partial charge in [0, 0.05) is 12.2 Å². The summed E-state index contributed by atoms with van der Waals surface area (Å²) < 4.78 is 0. The second-order valence-electron chi connectivity index (χ2n) is 7.58. The van der Waals surface area contributed by atoms with E-state index in [0.29, 0.717) is 0 Å². The highest BCUT2D eigenvalue weighted by Crippen LogP contribution is 2.20. The second-order valence-corrected chi connectivity index (χ2v) is 7.58. The quantitative estimate of drug-likeness (QED) is 0.388. The van der Waals surface area contributed by atoms with Gasteiger partial charge < -0.3 is 9.88 Å². The van der Waals surface area contributed by atoms with Gasteiger partial charge in [-0.1, -0.05) is 75.3 Å². The van der Waals surface area contributed by atoms with Crippen molar-refractivity contribution in [2.24, 2.45) is 0 Å². The smallest absolute Gasteiger partial charge is 0.126 e. The second kappa shape index (κ2) is 10.1. The molecule has 0 aliphatic heterocycles. The molecule has 0 saturated carbocycles.